The topological polar surface area (TPSA) is 34.6 Å². The third-order valence-corrected chi connectivity index (χ3v) is 6.01. The standard InChI is InChI=1S/C19H31N5/c1-22-12-16-5-6-18(21-19(16)15-22)14-24-10-8-23(9-11-24)13-17-4-2-3-7-20-17/h2-4,7,16,18-19,21H,5-6,8-15H2,1H3/t16-,18?,19+/m1/s1. The molecule has 1 N–H and O–H groups in total. The number of piperidine rings is 1. The van der Waals surface area contributed by atoms with Gasteiger partial charge in [-0.1, -0.05) is 6.07 Å². The third-order valence-electron chi connectivity index (χ3n) is 6.01. The maximum atomic E-state index is 4.45. The van der Waals surface area contributed by atoms with Crippen molar-refractivity contribution in [3.8, 4) is 0 Å². The highest BCUT2D eigenvalue weighted by Crippen LogP contribution is 2.26. The molecular formula is C19H31N5. The van der Waals surface area contributed by atoms with E-state index in [4.69, 9.17) is 0 Å². The van der Waals surface area contributed by atoms with Gasteiger partial charge in [0.25, 0.3) is 0 Å². The van der Waals surface area contributed by atoms with Crippen LogP contribution >= 0.6 is 0 Å². The molecule has 1 unspecified atom stereocenters. The molecule has 1 aromatic heterocycles. The van der Waals surface area contributed by atoms with Crippen LogP contribution < -0.4 is 5.32 Å². The van der Waals surface area contributed by atoms with Crippen LogP contribution in [0.15, 0.2) is 24.4 Å². The number of aromatic nitrogens is 1. The Kier molecular flexibility index (Phi) is 5.13. The molecule has 0 spiro atoms. The molecule has 1 aromatic rings. The third kappa shape index (κ3) is 3.97. The zero-order valence-electron chi connectivity index (χ0n) is 14.9. The summed E-state index contributed by atoms with van der Waals surface area (Å²) in [6.45, 7) is 9.46. The van der Waals surface area contributed by atoms with Gasteiger partial charge in [-0.3, -0.25) is 14.8 Å². The summed E-state index contributed by atoms with van der Waals surface area (Å²) in [6, 6.07) is 7.64. The molecule has 0 radical (unpaired) electrons. The summed E-state index contributed by atoms with van der Waals surface area (Å²) in [5.41, 5.74) is 1.19. The molecule has 0 aliphatic carbocycles. The van der Waals surface area contributed by atoms with E-state index in [1.54, 1.807) is 0 Å². The molecule has 5 nitrogen and oxygen atoms in total. The SMILES string of the molecule is CN1C[C@H]2CCC(CN3CCN(Cc4ccccn4)CC3)N[C@H]2C1. The lowest BCUT2D eigenvalue weighted by molar-refractivity contribution is 0.107. The molecule has 0 amide bonds. The van der Waals surface area contributed by atoms with E-state index < -0.39 is 0 Å². The Balaban J connectivity index is 1.21. The molecule has 132 valence electrons. The van der Waals surface area contributed by atoms with E-state index in [-0.39, 0.29) is 0 Å². The summed E-state index contributed by atoms with van der Waals surface area (Å²) in [5, 5.41) is 3.94. The molecule has 3 fully saturated rings. The van der Waals surface area contributed by atoms with Crippen LogP contribution in [-0.4, -0.2) is 84.6 Å². The van der Waals surface area contributed by atoms with Crippen LogP contribution in [0.2, 0.25) is 0 Å². The maximum absolute atomic E-state index is 4.45. The zero-order valence-corrected chi connectivity index (χ0v) is 14.9. The van der Waals surface area contributed by atoms with Gasteiger partial charge in [-0.05, 0) is 37.9 Å². The van der Waals surface area contributed by atoms with Gasteiger partial charge < -0.3 is 10.2 Å². The first kappa shape index (κ1) is 16.5. The predicted molar refractivity (Wildman–Crippen MR) is 96.9 cm³/mol. The second-order valence-electron chi connectivity index (χ2n) is 7.93. The Bertz CT molecular complexity index is 514. The van der Waals surface area contributed by atoms with E-state index in [1.165, 1.54) is 51.3 Å². The molecule has 3 aliphatic rings. The van der Waals surface area contributed by atoms with Gasteiger partial charge in [0.05, 0.1) is 5.69 Å². The number of nitrogens with zero attached hydrogens (tertiary/aromatic N) is 4. The molecule has 4 heterocycles. The van der Waals surface area contributed by atoms with Crippen LogP contribution in [0, 0.1) is 5.92 Å². The number of fused-ring (bicyclic) bond motifs is 1. The minimum atomic E-state index is 0.695. The van der Waals surface area contributed by atoms with Crippen molar-refractivity contribution in [2.24, 2.45) is 5.92 Å². The lowest BCUT2D eigenvalue weighted by Gasteiger charge is -2.39. The quantitative estimate of drug-likeness (QED) is 0.887. The first-order valence-electron chi connectivity index (χ1n) is 9.55. The van der Waals surface area contributed by atoms with Crippen LogP contribution in [0.1, 0.15) is 18.5 Å². The number of hydrogen-bond acceptors (Lipinski definition) is 5. The van der Waals surface area contributed by atoms with Crippen LogP contribution in [0.5, 0.6) is 0 Å². The first-order chi connectivity index (χ1) is 11.8. The van der Waals surface area contributed by atoms with Crippen molar-refractivity contribution < 1.29 is 0 Å². The van der Waals surface area contributed by atoms with Crippen LogP contribution in [0.4, 0.5) is 0 Å². The smallest absolute Gasteiger partial charge is 0.0543 e. The summed E-state index contributed by atoms with van der Waals surface area (Å²) in [6.07, 6.45) is 4.66. The summed E-state index contributed by atoms with van der Waals surface area (Å²) in [4.78, 5) is 12.1. The van der Waals surface area contributed by atoms with Crippen LogP contribution in [0.3, 0.4) is 0 Å². The average Bonchev–Trinajstić information content (AvgIpc) is 2.97. The molecule has 0 bridgehead atoms. The van der Waals surface area contributed by atoms with E-state index in [9.17, 15) is 0 Å². The predicted octanol–water partition coefficient (Wildman–Crippen LogP) is 0.881. The Morgan fingerprint density at radius 2 is 1.92 bits per heavy atom. The molecule has 3 atom stereocenters. The highest BCUT2D eigenvalue weighted by molar-refractivity contribution is 5.03. The summed E-state index contributed by atoms with van der Waals surface area (Å²) < 4.78 is 0. The minimum Gasteiger partial charge on any atom is -0.308 e. The van der Waals surface area contributed by atoms with Crippen molar-refractivity contribution in [1.29, 1.82) is 0 Å². The van der Waals surface area contributed by atoms with E-state index in [0.717, 1.165) is 31.6 Å². The molecule has 24 heavy (non-hydrogen) atoms. The largest absolute Gasteiger partial charge is 0.308 e. The molecule has 3 aliphatic heterocycles. The van der Waals surface area contributed by atoms with Crippen molar-refractivity contribution in [2.75, 3.05) is 52.9 Å². The monoisotopic (exact) mass is 329 g/mol. The van der Waals surface area contributed by atoms with Crippen LogP contribution in [0.25, 0.3) is 0 Å². The molecule has 5 heteroatoms. The normalized spacial score (nSPS) is 32.8. The summed E-state index contributed by atoms with van der Waals surface area (Å²) in [5.74, 6) is 0.890. The van der Waals surface area contributed by atoms with Gasteiger partial charge in [0.15, 0.2) is 0 Å². The van der Waals surface area contributed by atoms with E-state index in [1.807, 2.05) is 12.3 Å². The summed E-state index contributed by atoms with van der Waals surface area (Å²) in [7, 11) is 2.26. The lowest BCUT2D eigenvalue weighted by atomic mass is 9.89. The highest BCUT2D eigenvalue weighted by atomic mass is 15.3. The number of nitrogens with one attached hydrogen (secondary N) is 1. The van der Waals surface area contributed by atoms with Gasteiger partial charge in [-0.15, -0.1) is 0 Å². The van der Waals surface area contributed by atoms with E-state index >= 15 is 0 Å². The first-order valence-corrected chi connectivity index (χ1v) is 9.55. The molecule has 0 aromatic carbocycles. The molecular weight excluding hydrogens is 298 g/mol. The van der Waals surface area contributed by atoms with E-state index in [0.29, 0.717) is 6.04 Å². The molecule has 0 saturated carbocycles. The van der Waals surface area contributed by atoms with Gasteiger partial charge in [-0.25, -0.2) is 0 Å². The Hall–Kier alpha value is -1.01. The summed E-state index contributed by atoms with van der Waals surface area (Å²) >= 11 is 0. The minimum absolute atomic E-state index is 0.695. The van der Waals surface area contributed by atoms with Gasteiger partial charge in [0.1, 0.15) is 0 Å². The number of likely N-dealkylation sites (N-methyl/N-ethyl adjacent to an activating group) is 1. The number of pyridine rings is 1. The fraction of sp³-hybridized carbons (Fsp3) is 0.737. The van der Waals surface area contributed by atoms with Gasteiger partial charge in [0.2, 0.25) is 0 Å². The van der Waals surface area contributed by atoms with Gasteiger partial charge in [-0.2, -0.15) is 0 Å². The Morgan fingerprint density at radius 3 is 2.71 bits per heavy atom. The Labute approximate surface area is 146 Å². The van der Waals surface area contributed by atoms with Crippen LogP contribution in [-0.2, 0) is 6.54 Å². The van der Waals surface area contributed by atoms with Gasteiger partial charge >= 0.3 is 0 Å². The zero-order chi connectivity index (χ0) is 16.4. The number of hydrogen-bond donors (Lipinski definition) is 1. The Morgan fingerprint density at radius 1 is 1.08 bits per heavy atom. The second-order valence-corrected chi connectivity index (χ2v) is 7.93. The highest BCUT2D eigenvalue weighted by Gasteiger charge is 2.36. The molecule has 3 saturated heterocycles. The van der Waals surface area contributed by atoms with Crippen molar-refractivity contribution in [1.82, 2.24) is 25.0 Å². The fourth-order valence-electron chi connectivity index (χ4n) is 4.68. The lowest BCUT2D eigenvalue weighted by Crippen LogP contribution is -2.55. The van der Waals surface area contributed by atoms with Crippen molar-refractivity contribution >= 4 is 0 Å². The second kappa shape index (κ2) is 7.48. The number of likely N-dealkylation sites (tertiary alicyclic amines) is 1. The van der Waals surface area contributed by atoms with Crippen molar-refractivity contribution in [2.45, 2.75) is 31.5 Å². The number of rotatable bonds is 4. The number of piperazine rings is 1. The van der Waals surface area contributed by atoms with E-state index in [2.05, 4.69) is 44.2 Å². The molecule has 4 rings (SSSR count). The average molecular weight is 329 g/mol. The fourth-order valence-corrected chi connectivity index (χ4v) is 4.68. The van der Waals surface area contributed by atoms with Crippen molar-refractivity contribution in [3.05, 3.63) is 30.1 Å². The van der Waals surface area contributed by atoms with Gasteiger partial charge in [0, 0.05) is 70.6 Å². The maximum Gasteiger partial charge on any atom is 0.0543 e. The van der Waals surface area contributed by atoms with Crippen molar-refractivity contribution in [3.63, 3.8) is 0 Å².